The Hall–Kier alpha value is -2.58. The summed E-state index contributed by atoms with van der Waals surface area (Å²) >= 11 is 1.57. The number of ether oxygens (including phenoxy) is 1. The molecule has 2 amide bonds. The van der Waals surface area contributed by atoms with Gasteiger partial charge in [0.25, 0.3) is 5.91 Å². The number of fused-ring (bicyclic) bond motifs is 1. The zero-order valence-electron chi connectivity index (χ0n) is 16.5. The molecule has 0 saturated carbocycles. The molecule has 3 unspecified atom stereocenters. The Morgan fingerprint density at radius 3 is 2.83 bits per heavy atom. The Morgan fingerprint density at radius 2 is 2.07 bits per heavy atom. The average molecular weight is 429 g/mol. The topological polar surface area (TPSA) is 88.9 Å². The lowest BCUT2D eigenvalue weighted by Crippen LogP contribution is -2.58. The first kappa shape index (κ1) is 20.7. The fraction of sp³-hybridized carbons (Fsp3) is 0.409. The highest BCUT2D eigenvalue weighted by Gasteiger charge is 2.45. The van der Waals surface area contributed by atoms with E-state index in [1.807, 2.05) is 30.3 Å². The number of rotatable bonds is 7. The normalized spacial score (nSPS) is 21.9. The van der Waals surface area contributed by atoms with Crippen LogP contribution in [0.25, 0.3) is 0 Å². The van der Waals surface area contributed by atoms with Gasteiger partial charge in [-0.1, -0.05) is 30.3 Å². The molecule has 3 heterocycles. The smallest absolute Gasteiger partial charge is 0.255 e. The fourth-order valence-corrected chi connectivity index (χ4v) is 4.92. The summed E-state index contributed by atoms with van der Waals surface area (Å²) in [6, 6.07) is 10.2. The van der Waals surface area contributed by atoms with Gasteiger partial charge in [-0.2, -0.15) is 11.8 Å². The summed E-state index contributed by atoms with van der Waals surface area (Å²) in [5.74, 6) is 0.455. The molecule has 30 heavy (non-hydrogen) atoms. The molecular formula is C22H24N2O5S. The molecule has 1 aromatic carbocycles. The van der Waals surface area contributed by atoms with Gasteiger partial charge in [-0.25, -0.2) is 0 Å². The number of hydrogen-bond acceptors (Lipinski definition) is 6. The van der Waals surface area contributed by atoms with E-state index in [0.29, 0.717) is 17.9 Å². The van der Waals surface area contributed by atoms with E-state index < -0.39 is 12.1 Å². The van der Waals surface area contributed by atoms with Gasteiger partial charge in [-0.3, -0.25) is 14.4 Å². The third kappa shape index (κ3) is 4.60. The monoisotopic (exact) mass is 428 g/mol. The second kappa shape index (κ2) is 9.49. The first-order valence-electron chi connectivity index (χ1n) is 10.0. The van der Waals surface area contributed by atoms with Crippen LogP contribution in [0.4, 0.5) is 0 Å². The maximum Gasteiger partial charge on any atom is 0.255 e. The molecular weight excluding hydrogens is 404 g/mol. The molecule has 0 bridgehead atoms. The number of hydrogen-bond donors (Lipinski definition) is 1. The molecule has 0 aliphatic carbocycles. The molecule has 2 saturated heterocycles. The molecule has 7 nitrogen and oxygen atoms in total. The first-order valence-corrected chi connectivity index (χ1v) is 11.2. The number of carbonyl (C=O) groups excluding carboxylic acids is 3. The van der Waals surface area contributed by atoms with Gasteiger partial charge < -0.3 is 19.4 Å². The second-order valence-corrected chi connectivity index (χ2v) is 8.50. The van der Waals surface area contributed by atoms with Gasteiger partial charge in [0.1, 0.15) is 25.0 Å². The van der Waals surface area contributed by atoms with Crippen LogP contribution in [-0.2, 0) is 20.1 Å². The highest BCUT2D eigenvalue weighted by atomic mass is 32.2. The van der Waals surface area contributed by atoms with E-state index in [0.717, 1.165) is 24.2 Å². The molecule has 4 rings (SSSR count). The van der Waals surface area contributed by atoms with Crippen molar-refractivity contribution in [3.8, 4) is 0 Å². The van der Waals surface area contributed by atoms with Crippen LogP contribution in [-0.4, -0.2) is 59.6 Å². The van der Waals surface area contributed by atoms with E-state index in [-0.39, 0.29) is 30.3 Å². The summed E-state index contributed by atoms with van der Waals surface area (Å²) in [6.07, 6.45) is 4.07. The van der Waals surface area contributed by atoms with Crippen molar-refractivity contribution in [2.24, 2.45) is 0 Å². The van der Waals surface area contributed by atoms with E-state index in [1.54, 1.807) is 22.7 Å². The van der Waals surface area contributed by atoms with Gasteiger partial charge in [0.15, 0.2) is 5.78 Å². The van der Waals surface area contributed by atoms with Crippen molar-refractivity contribution in [1.82, 2.24) is 10.2 Å². The number of piperidine rings is 1. The maximum atomic E-state index is 13.4. The summed E-state index contributed by atoms with van der Waals surface area (Å²) in [4.78, 5) is 39.9. The lowest BCUT2D eigenvalue weighted by molar-refractivity contribution is -0.141. The minimum absolute atomic E-state index is 0.0495. The molecule has 158 valence electrons. The van der Waals surface area contributed by atoms with Crippen molar-refractivity contribution >= 4 is 29.4 Å². The molecule has 2 aliphatic heterocycles. The van der Waals surface area contributed by atoms with Crippen molar-refractivity contribution in [3.05, 3.63) is 60.1 Å². The third-order valence-electron chi connectivity index (χ3n) is 5.41. The van der Waals surface area contributed by atoms with E-state index >= 15 is 0 Å². The van der Waals surface area contributed by atoms with Crippen molar-refractivity contribution in [1.29, 1.82) is 0 Å². The molecule has 3 atom stereocenters. The Labute approximate surface area is 179 Å². The van der Waals surface area contributed by atoms with Gasteiger partial charge in [-0.05, 0) is 24.5 Å². The number of benzene rings is 1. The SMILES string of the molecule is O=C(NC(CSCc1ccccc1)C(=O)N1CCCC2OCC(=O)C21)c1ccoc1. The Bertz CT molecular complexity index is 886. The van der Waals surface area contributed by atoms with Crippen LogP contribution in [0, 0.1) is 0 Å². The lowest BCUT2D eigenvalue weighted by Gasteiger charge is -2.37. The van der Waals surface area contributed by atoms with Crippen LogP contribution in [0.2, 0.25) is 0 Å². The number of carbonyl (C=O) groups is 3. The van der Waals surface area contributed by atoms with Crippen LogP contribution < -0.4 is 5.32 Å². The summed E-state index contributed by atoms with van der Waals surface area (Å²) in [6.45, 7) is 0.546. The number of ketones is 1. The van der Waals surface area contributed by atoms with Crippen LogP contribution in [0.15, 0.2) is 53.3 Å². The van der Waals surface area contributed by atoms with Gasteiger partial charge in [0.05, 0.1) is 17.9 Å². The van der Waals surface area contributed by atoms with Crippen molar-refractivity contribution in [3.63, 3.8) is 0 Å². The Balaban J connectivity index is 1.47. The van der Waals surface area contributed by atoms with Crippen molar-refractivity contribution in [2.45, 2.75) is 36.8 Å². The molecule has 2 fully saturated rings. The number of furan rings is 1. The third-order valence-corrected chi connectivity index (χ3v) is 6.52. The first-order chi connectivity index (χ1) is 14.6. The van der Waals surface area contributed by atoms with Crippen molar-refractivity contribution < 1.29 is 23.5 Å². The molecule has 0 spiro atoms. The van der Waals surface area contributed by atoms with Crippen LogP contribution in [0.1, 0.15) is 28.8 Å². The highest BCUT2D eigenvalue weighted by Crippen LogP contribution is 2.27. The summed E-state index contributed by atoms with van der Waals surface area (Å²) in [5.41, 5.74) is 1.50. The number of thioether (sulfide) groups is 1. The summed E-state index contributed by atoms with van der Waals surface area (Å²) in [5, 5.41) is 2.83. The summed E-state index contributed by atoms with van der Waals surface area (Å²) < 4.78 is 10.5. The standard InChI is InChI=1S/C22H24N2O5S/c25-18-12-29-19-7-4-9-24(20(18)19)22(27)17(23-21(26)16-8-10-28-11-16)14-30-13-15-5-2-1-3-6-15/h1-3,5-6,8,10-11,17,19-20H,4,7,9,12-14H2,(H,23,26). The minimum Gasteiger partial charge on any atom is -0.472 e. The van der Waals surface area contributed by atoms with Crippen LogP contribution in [0.3, 0.4) is 0 Å². The highest BCUT2D eigenvalue weighted by molar-refractivity contribution is 7.98. The van der Waals surface area contributed by atoms with Gasteiger partial charge >= 0.3 is 0 Å². The number of nitrogens with one attached hydrogen (secondary N) is 1. The molecule has 1 N–H and O–H groups in total. The second-order valence-electron chi connectivity index (χ2n) is 7.47. The molecule has 0 radical (unpaired) electrons. The van der Waals surface area contributed by atoms with Crippen molar-refractivity contribution in [2.75, 3.05) is 18.9 Å². The predicted molar refractivity (Wildman–Crippen MR) is 112 cm³/mol. The fourth-order valence-electron chi connectivity index (χ4n) is 3.92. The number of likely N-dealkylation sites (tertiary alicyclic amines) is 1. The summed E-state index contributed by atoms with van der Waals surface area (Å²) in [7, 11) is 0. The number of Topliss-reactive ketones (excluding diaryl/α,β-unsaturated/α-hetero) is 1. The molecule has 1 aromatic heterocycles. The van der Waals surface area contributed by atoms with E-state index in [9.17, 15) is 14.4 Å². The molecule has 8 heteroatoms. The predicted octanol–water partition coefficient (Wildman–Crippen LogP) is 2.27. The van der Waals surface area contributed by atoms with E-state index in [2.05, 4.69) is 5.32 Å². The lowest BCUT2D eigenvalue weighted by atomic mass is 9.97. The zero-order chi connectivity index (χ0) is 20.9. The Morgan fingerprint density at radius 1 is 1.23 bits per heavy atom. The van der Waals surface area contributed by atoms with E-state index in [1.165, 1.54) is 12.5 Å². The van der Waals surface area contributed by atoms with E-state index in [4.69, 9.17) is 9.15 Å². The van der Waals surface area contributed by atoms with Gasteiger partial charge in [-0.15, -0.1) is 0 Å². The average Bonchev–Trinajstić information content (AvgIpc) is 3.44. The van der Waals surface area contributed by atoms with Gasteiger partial charge in [0, 0.05) is 18.1 Å². The largest absolute Gasteiger partial charge is 0.472 e. The van der Waals surface area contributed by atoms with Crippen LogP contribution >= 0.6 is 11.8 Å². The molecule has 2 aliphatic rings. The molecule has 2 aromatic rings. The number of amides is 2. The maximum absolute atomic E-state index is 13.4. The van der Waals surface area contributed by atoms with Gasteiger partial charge in [0.2, 0.25) is 5.91 Å². The number of nitrogens with zero attached hydrogens (tertiary/aromatic N) is 1. The zero-order valence-corrected chi connectivity index (χ0v) is 17.3. The van der Waals surface area contributed by atoms with Crippen LogP contribution in [0.5, 0.6) is 0 Å². The Kier molecular flexibility index (Phi) is 6.54. The minimum atomic E-state index is -0.742. The quantitative estimate of drug-likeness (QED) is 0.728.